The minimum absolute atomic E-state index is 0.171. The number of aryl methyl sites for hydroxylation is 1. The van der Waals surface area contributed by atoms with Crippen molar-refractivity contribution in [2.24, 2.45) is 5.92 Å². The summed E-state index contributed by atoms with van der Waals surface area (Å²) in [7, 11) is -3.09. The summed E-state index contributed by atoms with van der Waals surface area (Å²) in [6.45, 7) is 0.143. The number of carbonyl (C=O) groups is 1. The van der Waals surface area contributed by atoms with E-state index in [0.717, 1.165) is 12.1 Å². The van der Waals surface area contributed by atoms with Crippen LogP contribution in [0.1, 0.15) is 5.56 Å². The number of hydrogen-bond donors (Lipinski definition) is 2. The van der Waals surface area contributed by atoms with Crippen molar-refractivity contribution in [3.63, 3.8) is 0 Å². The smallest absolute Gasteiger partial charge is 0.432 e. The minimum Gasteiger partial charge on any atom is -0.497 e. The first kappa shape index (κ1) is 24.6. The summed E-state index contributed by atoms with van der Waals surface area (Å²) in [4.78, 5) is 12.0. The molecule has 1 amide bonds. The maximum Gasteiger partial charge on any atom is 0.432 e. The van der Waals surface area contributed by atoms with E-state index in [0.29, 0.717) is 11.3 Å². The van der Waals surface area contributed by atoms with Crippen molar-refractivity contribution in [3.8, 4) is 5.75 Å². The van der Waals surface area contributed by atoms with E-state index in [-0.39, 0.29) is 10.6 Å². The van der Waals surface area contributed by atoms with Crippen LogP contribution in [-0.2, 0) is 14.6 Å². The Hall–Kier alpha value is -2.66. The highest BCUT2D eigenvalue weighted by molar-refractivity contribution is 7.91. The second-order valence-electron chi connectivity index (χ2n) is 6.87. The number of carbonyl (C=O) groups excluding carboxylic acids is 1. The highest BCUT2D eigenvalue weighted by atomic mass is 32.2. The number of aliphatic hydroxyl groups is 1. The molecule has 2 aromatic rings. The van der Waals surface area contributed by atoms with Gasteiger partial charge in [-0.2, -0.15) is 13.2 Å². The number of benzene rings is 2. The molecule has 0 aliphatic carbocycles. The number of alkyl halides is 4. The zero-order valence-corrected chi connectivity index (χ0v) is 17.4. The van der Waals surface area contributed by atoms with Crippen LogP contribution in [0.3, 0.4) is 0 Å². The topological polar surface area (TPSA) is 92.7 Å². The lowest BCUT2D eigenvalue weighted by Gasteiger charge is -2.33. The third-order valence-corrected chi connectivity index (χ3v) is 6.51. The second kappa shape index (κ2) is 9.23. The Balaban J connectivity index is 2.38. The molecule has 0 saturated heterocycles. The van der Waals surface area contributed by atoms with Crippen molar-refractivity contribution in [3.05, 3.63) is 54.1 Å². The van der Waals surface area contributed by atoms with Gasteiger partial charge >= 0.3 is 6.18 Å². The van der Waals surface area contributed by atoms with Gasteiger partial charge in [-0.25, -0.2) is 12.8 Å². The molecule has 2 atom stereocenters. The number of aliphatic hydroxyl groups excluding tert-OH is 1. The Labute approximate surface area is 176 Å². The predicted molar refractivity (Wildman–Crippen MR) is 105 cm³/mol. The number of anilines is 1. The van der Waals surface area contributed by atoms with Crippen molar-refractivity contribution in [1.82, 2.24) is 0 Å². The molecule has 0 heterocycles. The molecule has 2 rings (SSSR count). The molecule has 0 bridgehead atoms. The highest BCUT2D eigenvalue weighted by Gasteiger charge is 2.66. The van der Waals surface area contributed by atoms with Crippen molar-refractivity contribution in [2.75, 3.05) is 24.8 Å². The SMILES string of the molecule is COc1ccc(NC(=O)[C@](F)([C@H](CO)CS(=O)(=O)c2ccc(C)cc2)C(F)(F)F)cc1. The van der Waals surface area contributed by atoms with Crippen LogP contribution in [0, 0.1) is 12.8 Å². The molecule has 0 spiro atoms. The van der Waals surface area contributed by atoms with E-state index in [1.165, 1.54) is 43.5 Å². The summed E-state index contributed by atoms with van der Waals surface area (Å²) in [6, 6.07) is 10.2. The Kier molecular flexibility index (Phi) is 7.32. The van der Waals surface area contributed by atoms with Gasteiger partial charge < -0.3 is 15.2 Å². The van der Waals surface area contributed by atoms with Crippen LogP contribution in [0.25, 0.3) is 0 Å². The molecule has 0 fully saturated rings. The van der Waals surface area contributed by atoms with E-state index < -0.39 is 45.9 Å². The second-order valence-corrected chi connectivity index (χ2v) is 8.90. The van der Waals surface area contributed by atoms with Crippen LogP contribution in [-0.4, -0.2) is 50.7 Å². The zero-order chi connectivity index (χ0) is 23.4. The third kappa shape index (κ3) is 5.34. The van der Waals surface area contributed by atoms with Crippen LogP contribution in [0.5, 0.6) is 5.75 Å². The van der Waals surface area contributed by atoms with E-state index in [4.69, 9.17) is 4.74 Å². The first-order valence-electron chi connectivity index (χ1n) is 8.96. The Bertz CT molecular complexity index is 1010. The number of rotatable bonds is 8. The molecule has 31 heavy (non-hydrogen) atoms. The Morgan fingerprint density at radius 2 is 1.61 bits per heavy atom. The van der Waals surface area contributed by atoms with E-state index >= 15 is 4.39 Å². The number of ether oxygens (including phenoxy) is 1. The monoisotopic (exact) mass is 463 g/mol. The van der Waals surface area contributed by atoms with Gasteiger partial charge in [0.25, 0.3) is 11.6 Å². The molecule has 0 unspecified atom stereocenters. The molecule has 6 nitrogen and oxygen atoms in total. The molecule has 11 heteroatoms. The van der Waals surface area contributed by atoms with Gasteiger partial charge in [0.1, 0.15) is 5.75 Å². The molecule has 2 N–H and O–H groups in total. The molecule has 2 aromatic carbocycles. The summed E-state index contributed by atoms with van der Waals surface area (Å²) in [5.41, 5.74) is -4.14. The van der Waals surface area contributed by atoms with Crippen molar-refractivity contribution in [1.29, 1.82) is 0 Å². The van der Waals surface area contributed by atoms with Gasteiger partial charge in [0.15, 0.2) is 9.84 Å². The summed E-state index contributed by atoms with van der Waals surface area (Å²) in [5, 5.41) is 11.3. The fraction of sp³-hybridized carbons (Fsp3) is 0.350. The average molecular weight is 463 g/mol. The standard InChI is InChI=1S/C20H21F4NO5S/c1-13-3-9-17(10-4-13)31(28,29)12-14(11-26)19(21,20(22,23)24)18(27)25-15-5-7-16(30-2)8-6-15/h3-10,14,26H,11-12H2,1-2H3,(H,25,27)/t14-,19-/m1/s1. The third-order valence-electron chi connectivity index (χ3n) is 4.67. The number of halogens is 4. The maximum atomic E-state index is 15.3. The molecule has 0 aliphatic heterocycles. The van der Waals surface area contributed by atoms with Crippen molar-refractivity contribution >= 4 is 21.4 Å². The Morgan fingerprint density at radius 3 is 2.06 bits per heavy atom. The summed E-state index contributed by atoms with van der Waals surface area (Å²) < 4.78 is 86.3. The van der Waals surface area contributed by atoms with Crippen LogP contribution in [0.15, 0.2) is 53.4 Å². The van der Waals surface area contributed by atoms with Crippen LogP contribution in [0.2, 0.25) is 0 Å². The van der Waals surface area contributed by atoms with Crippen molar-refractivity contribution < 1.29 is 40.6 Å². The van der Waals surface area contributed by atoms with Gasteiger partial charge in [0.05, 0.1) is 24.4 Å². The lowest BCUT2D eigenvalue weighted by atomic mass is 9.89. The normalized spacial score (nSPS) is 15.1. The van der Waals surface area contributed by atoms with Gasteiger partial charge in [-0.05, 0) is 43.3 Å². The number of amides is 1. The summed E-state index contributed by atoms with van der Waals surface area (Å²) >= 11 is 0. The summed E-state index contributed by atoms with van der Waals surface area (Å²) in [6.07, 6.45) is -5.79. The predicted octanol–water partition coefficient (Wildman–Crippen LogP) is 3.30. The Morgan fingerprint density at radius 1 is 1.06 bits per heavy atom. The molecule has 0 radical (unpaired) electrons. The fourth-order valence-electron chi connectivity index (χ4n) is 2.84. The number of sulfone groups is 1. The van der Waals surface area contributed by atoms with Crippen molar-refractivity contribution in [2.45, 2.75) is 23.7 Å². The summed E-state index contributed by atoms with van der Waals surface area (Å²) in [5.74, 6) is -5.82. The quantitative estimate of drug-likeness (QED) is 0.586. The first-order chi connectivity index (χ1) is 14.3. The number of hydrogen-bond acceptors (Lipinski definition) is 5. The number of methoxy groups -OCH3 is 1. The molecule has 0 saturated carbocycles. The van der Waals surface area contributed by atoms with E-state index in [2.05, 4.69) is 0 Å². The van der Waals surface area contributed by atoms with Gasteiger partial charge in [-0.3, -0.25) is 4.79 Å². The lowest BCUT2D eigenvalue weighted by Crippen LogP contribution is -2.58. The number of nitrogens with one attached hydrogen (secondary N) is 1. The zero-order valence-electron chi connectivity index (χ0n) is 16.6. The van der Waals surface area contributed by atoms with E-state index in [1.54, 1.807) is 12.2 Å². The van der Waals surface area contributed by atoms with Gasteiger partial charge in [-0.1, -0.05) is 17.7 Å². The van der Waals surface area contributed by atoms with Crippen LogP contribution >= 0.6 is 0 Å². The van der Waals surface area contributed by atoms with E-state index in [9.17, 15) is 31.5 Å². The highest BCUT2D eigenvalue weighted by Crippen LogP contribution is 2.42. The fourth-order valence-corrected chi connectivity index (χ4v) is 4.45. The lowest BCUT2D eigenvalue weighted by molar-refractivity contribution is -0.240. The molecule has 170 valence electrons. The van der Waals surface area contributed by atoms with Gasteiger partial charge in [0, 0.05) is 11.6 Å². The average Bonchev–Trinajstić information content (AvgIpc) is 2.71. The van der Waals surface area contributed by atoms with Gasteiger partial charge in [0.2, 0.25) is 0 Å². The van der Waals surface area contributed by atoms with Gasteiger partial charge in [-0.15, -0.1) is 0 Å². The molecule has 0 aliphatic rings. The van der Waals surface area contributed by atoms with E-state index in [1.807, 2.05) is 0 Å². The maximum absolute atomic E-state index is 15.3. The molecular formula is C20H21F4NO5S. The van der Waals surface area contributed by atoms with Crippen LogP contribution < -0.4 is 10.1 Å². The largest absolute Gasteiger partial charge is 0.497 e. The first-order valence-corrected chi connectivity index (χ1v) is 10.6. The minimum atomic E-state index is -5.79. The molecular weight excluding hydrogens is 442 g/mol. The molecule has 0 aromatic heterocycles. The van der Waals surface area contributed by atoms with Crippen LogP contribution in [0.4, 0.5) is 23.2 Å².